The van der Waals surface area contributed by atoms with Gasteiger partial charge in [0.15, 0.2) is 0 Å². The third-order valence-corrected chi connectivity index (χ3v) is 2.28. The van der Waals surface area contributed by atoms with Gasteiger partial charge in [-0.25, -0.2) is 0 Å². The first-order valence-electron chi connectivity index (χ1n) is 5.05. The van der Waals surface area contributed by atoms with Crippen molar-refractivity contribution in [1.82, 2.24) is 4.90 Å². The van der Waals surface area contributed by atoms with E-state index in [-0.39, 0.29) is 11.9 Å². The highest BCUT2D eigenvalue weighted by Gasteiger charge is 2.24. The summed E-state index contributed by atoms with van der Waals surface area (Å²) in [6.45, 7) is 9.14. The number of carbonyl (C=O) groups excluding carboxylic acids is 2. The second-order valence-corrected chi connectivity index (χ2v) is 3.28. The van der Waals surface area contributed by atoms with Crippen LogP contribution in [0.4, 0.5) is 0 Å². The molecule has 0 radical (unpaired) electrons. The first-order chi connectivity index (χ1) is 6.95. The third kappa shape index (κ3) is 3.73. The monoisotopic (exact) mass is 213 g/mol. The Bertz CT molecular complexity index is 261. The van der Waals surface area contributed by atoms with Crippen LogP contribution in [0.2, 0.25) is 0 Å². The van der Waals surface area contributed by atoms with Crippen molar-refractivity contribution in [3.63, 3.8) is 0 Å². The molecule has 15 heavy (non-hydrogen) atoms. The molecule has 0 aromatic rings. The predicted molar refractivity (Wildman–Crippen MR) is 58.0 cm³/mol. The lowest BCUT2D eigenvalue weighted by molar-refractivity contribution is -0.147. The van der Waals surface area contributed by atoms with Crippen LogP contribution in [0.3, 0.4) is 0 Å². The van der Waals surface area contributed by atoms with Crippen LogP contribution in [-0.4, -0.2) is 30.4 Å². The van der Waals surface area contributed by atoms with Gasteiger partial charge in [0.1, 0.15) is 0 Å². The van der Waals surface area contributed by atoms with Crippen molar-refractivity contribution < 1.29 is 14.3 Å². The molecular formula is C11H19NO3. The van der Waals surface area contributed by atoms with Crippen LogP contribution in [0, 0.1) is 5.92 Å². The van der Waals surface area contributed by atoms with Gasteiger partial charge in [-0.1, -0.05) is 13.5 Å². The standard InChI is InChI=1S/C11H19NO3/c1-6-10(11(14)15-7-2)8(3)12(5)9(4)13/h10H,3,6-7H2,1-2,4-5H3. The van der Waals surface area contributed by atoms with E-state index in [2.05, 4.69) is 6.58 Å². The molecule has 0 aliphatic carbocycles. The molecule has 4 heteroatoms. The molecule has 0 saturated carbocycles. The Morgan fingerprint density at radius 3 is 2.27 bits per heavy atom. The Balaban J connectivity index is 4.60. The molecule has 86 valence electrons. The van der Waals surface area contributed by atoms with Gasteiger partial charge in [0.05, 0.1) is 12.5 Å². The van der Waals surface area contributed by atoms with E-state index in [1.54, 1.807) is 14.0 Å². The summed E-state index contributed by atoms with van der Waals surface area (Å²) in [7, 11) is 1.60. The molecule has 0 spiro atoms. The van der Waals surface area contributed by atoms with Crippen LogP contribution < -0.4 is 0 Å². The molecule has 0 saturated heterocycles. The number of nitrogens with zero attached hydrogens (tertiary/aromatic N) is 1. The molecule has 0 aliphatic heterocycles. The van der Waals surface area contributed by atoms with Crippen molar-refractivity contribution in [3.8, 4) is 0 Å². The molecule has 1 unspecified atom stereocenters. The van der Waals surface area contributed by atoms with E-state index >= 15 is 0 Å². The lowest BCUT2D eigenvalue weighted by atomic mass is 10.0. The van der Waals surface area contributed by atoms with Crippen molar-refractivity contribution in [2.75, 3.05) is 13.7 Å². The van der Waals surface area contributed by atoms with Crippen LogP contribution in [0.25, 0.3) is 0 Å². The minimum atomic E-state index is -0.432. The zero-order chi connectivity index (χ0) is 12.0. The van der Waals surface area contributed by atoms with E-state index in [1.165, 1.54) is 11.8 Å². The molecular weight excluding hydrogens is 194 g/mol. The lowest BCUT2D eigenvalue weighted by Gasteiger charge is -2.23. The molecule has 0 aromatic carbocycles. The van der Waals surface area contributed by atoms with E-state index in [0.29, 0.717) is 18.7 Å². The summed E-state index contributed by atoms with van der Waals surface area (Å²) >= 11 is 0. The highest BCUT2D eigenvalue weighted by atomic mass is 16.5. The maximum atomic E-state index is 11.5. The van der Waals surface area contributed by atoms with Gasteiger partial charge in [0.25, 0.3) is 0 Å². The van der Waals surface area contributed by atoms with Gasteiger partial charge >= 0.3 is 5.97 Å². The van der Waals surface area contributed by atoms with Crippen LogP contribution in [0.1, 0.15) is 27.2 Å². The Morgan fingerprint density at radius 1 is 1.40 bits per heavy atom. The summed E-state index contributed by atoms with van der Waals surface area (Å²) in [5.74, 6) is -0.889. The van der Waals surface area contributed by atoms with Crippen molar-refractivity contribution in [1.29, 1.82) is 0 Å². The zero-order valence-corrected chi connectivity index (χ0v) is 9.87. The highest BCUT2D eigenvalue weighted by molar-refractivity contribution is 5.80. The maximum Gasteiger partial charge on any atom is 0.314 e. The summed E-state index contributed by atoms with van der Waals surface area (Å²) in [6, 6.07) is 0. The average molecular weight is 213 g/mol. The fourth-order valence-electron chi connectivity index (χ4n) is 1.22. The molecule has 0 rings (SSSR count). The van der Waals surface area contributed by atoms with Crippen molar-refractivity contribution in [2.45, 2.75) is 27.2 Å². The van der Waals surface area contributed by atoms with E-state index < -0.39 is 5.92 Å². The summed E-state index contributed by atoms with van der Waals surface area (Å²) in [5, 5.41) is 0. The molecule has 1 atom stereocenters. The van der Waals surface area contributed by atoms with E-state index in [0.717, 1.165) is 0 Å². The minimum Gasteiger partial charge on any atom is -0.465 e. The summed E-state index contributed by atoms with van der Waals surface area (Å²) in [6.07, 6.45) is 0.579. The lowest BCUT2D eigenvalue weighted by Crippen LogP contribution is -2.31. The van der Waals surface area contributed by atoms with Gasteiger partial charge in [-0.2, -0.15) is 0 Å². The molecule has 0 heterocycles. The Morgan fingerprint density at radius 2 is 1.93 bits per heavy atom. The van der Waals surface area contributed by atoms with E-state index in [9.17, 15) is 9.59 Å². The van der Waals surface area contributed by atoms with Gasteiger partial charge < -0.3 is 9.64 Å². The molecule has 0 fully saturated rings. The summed E-state index contributed by atoms with van der Waals surface area (Å²) in [4.78, 5) is 24.0. The van der Waals surface area contributed by atoms with Crippen molar-refractivity contribution >= 4 is 11.9 Å². The summed E-state index contributed by atoms with van der Waals surface area (Å²) < 4.78 is 4.91. The second kappa shape index (κ2) is 6.22. The minimum absolute atomic E-state index is 0.136. The Hall–Kier alpha value is -1.32. The fraction of sp³-hybridized carbons (Fsp3) is 0.636. The predicted octanol–water partition coefficient (Wildman–Crippen LogP) is 1.57. The number of hydrogen-bond acceptors (Lipinski definition) is 3. The molecule has 1 amide bonds. The third-order valence-electron chi connectivity index (χ3n) is 2.28. The number of hydrogen-bond donors (Lipinski definition) is 0. The Labute approximate surface area is 90.9 Å². The van der Waals surface area contributed by atoms with Gasteiger partial charge in [-0.15, -0.1) is 0 Å². The van der Waals surface area contributed by atoms with Crippen molar-refractivity contribution in [2.24, 2.45) is 5.92 Å². The number of carbonyl (C=O) groups is 2. The maximum absolute atomic E-state index is 11.5. The number of rotatable bonds is 5. The fourth-order valence-corrected chi connectivity index (χ4v) is 1.22. The molecule has 0 aromatic heterocycles. The van der Waals surface area contributed by atoms with Crippen LogP contribution >= 0.6 is 0 Å². The van der Waals surface area contributed by atoms with Gasteiger partial charge in [-0.3, -0.25) is 9.59 Å². The molecule has 0 N–H and O–H groups in total. The smallest absolute Gasteiger partial charge is 0.314 e. The molecule has 0 bridgehead atoms. The Kier molecular flexibility index (Phi) is 5.67. The highest BCUT2D eigenvalue weighted by Crippen LogP contribution is 2.18. The van der Waals surface area contributed by atoms with Crippen LogP contribution in [0.5, 0.6) is 0 Å². The quantitative estimate of drug-likeness (QED) is 0.651. The topological polar surface area (TPSA) is 46.6 Å². The SMILES string of the molecule is C=C(C(CC)C(=O)OCC)N(C)C(C)=O. The molecule has 0 aliphatic rings. The van der Waals surface area contributed by atoms with Crippen molar-refractivity contribution in [3.05, 3.63) is 12.3 Å². The number of esters is 1. The summed E-state index contributed by atoms with van der Waals surface area (Å²) in [5.41, 5.74) is 0.489. The first-order valence-corrected chi connectivity index (χ1v) is 5.05. The second-order valence-electron chi connectivity index (χ2n) is 3.28. The largest absolute Gasteiger partial charge is 0.465 e. The van der Waals surface area contributed by atoms with E-state index in [1.807, 2.05) is 6.92 Å². The van der Waals surface area contributed by atoms with Crippen LogP contribution in [0.15, 0.2) is 12.3 Å². The van der Waals surface area contributed by atoms with Gasteiger partial charge in [0, 0.05) is 19.7 Å². The first kappa shape index (κ1) is 13.7. The van der Waals surface area contributed by atoms with Gasteiger partial charge in [-0.05, 0) is 13.3 Å². The normalized spacial score (nSPS) is 11.7. The average Bonchev–Trinajstić information content (AvgIpc) is 2.17. The number of ether oxygens (including phenoxy) is 1. The number of amides is 1. The van der Waals surface area contributed by atoms with Gasteiger partial charge in [0.2, 0.25) is 5.91 Å². The van der Waals surface area contributed by atoms with Crippen LogP contribution in [-0.2, 0) is 14.3 Å². The zero-order valence-electron chi connectivity index (χ0n) is 9.87. The molecule has 4 nitrogen and oxygen atoms in total. The van der Waals surface area contributed by atoms with E-state index in [4.69, 9.17) is 4.74 Å².